The molecule has 0 bridgehead atoms. The van der Waals surface area contributed by atoms with E-state index in [1.165, 1.54) is 18.4 Å². The highest BCUT2D eigenvalue weighted by Gasteiger charge is 2.22. The standard InChI is InChI=1S/C13H16N2/c1-10-4-2-3-5-12(10)13(8-14)15-9-11-6-7-11/h2-5,11,13,15H,6-7,9H2,1H3. The summed E-state index contributed by atoms with van der Waals surface area (Å²) in [5, 5.41) is 12.5. The Labute approximate surface area is 90.9 Å². The third kappa shape index (κ3) is 2.57. The highest BCUT2D eigenvalue weighted by Crippen LogP contribution is 2.28. The molecule has 0 radical (unpaired) electrons. The van der Waals surface area contributed by atoms with E-state index in [4.69, 9.17) is 5.26 Å². The molecular formula is C13H16N2. The fraction of sp³-hybridized carbons (Fsp3) is 0.462. The number of nitrogens with zero attached hydrogens (tertiary/aromatic N) is 1. The number of aryl methyl sites for hydroxylation is 1. The van der Waals surface area contributed by atoms with Crippen LogP contribution in [0.1, 0.15) is 30.0 Å². The molecule has 0 aliphatic heterocycles. The summed E-state index contributed by atoms with van der Waals surface area (Å²) in [7, 11) is 0. The molecule has 2 nitrogen and oxygen atoms in total. The maximum atomic E-state index is 9.12. The third-order valence-electron chi connectivity index (χ3n) is 2.94. The molecule has 2 heteroatoms. The first-order valence-electron chi connectivity index (χ1n) is 5.50. The number of nitrogens with one attached hydrogen (secondary N) is 1. The number of hydrogen-bond acceptors (Lipinski definition) is 2. The molecule has 15 heavy (non-hydrogen) atoms. The van der Waals surface area contributed by atoms with Gasteiger partial charge in [-0.25, -0.2) is 0 Å². The van der Waals surface area contributed by atoms with Crippen LogP contribution >= 0.6 is 0 Å². The van der Waals surface area contributed by atoms with Crippen molar-refractivity contribution in [2.45, 2.75) is 25.8 Å². The zero-order valence-electron chi connectivity index (χ0n) is 9.03. The maximum Gasteiger partial charge on any atom is 0.121 e. The molecule has 0 spiro atoms. The van der Waals surface area contributed by atoms with Crippen LogP contribution in [0, 0.1) is 24.2 Å². The second kappa shape index (κ2) is 4.46. The molecule has 1 aromatic rings. The van der Waals surface area contributed by atoms with Gasteiger partial charge >= 0.3 is 0 Å². The molecule has 1 aliphatic rings. The van der Waals surface area contributed by atoms with E-state index in [1.54, 1.807) is 0 Å². The highest BCUT2D eigenvalue weighted by atomic mass is 14.9. The predicted octanol–water partition coefficient (Wildman–Crippen LogP) is 2.56. The lowest BCUT2D eigenvalue weighted by Gasteiger charge is -2.13. The monoisotopic (exact) mass is 200 g/mol. The van der Waals surface area contributed by atoms with Crippen molar-refractivity contribution in [3.05, 3.63) is 35.4 Å². The average molecular weight is 200 g/mol. The van der Waals surface area contributed by atoms with Gasteiger partial charge in [-0.2, -0.15) is 5.26 Å². The van der Waals surface area contributed by atoms with E-state index in [-0.39, 0.29) is 6.04 Å². The summed E-state index contributed by atoms with van der Waals surface area (Å²) >= 11 is 0. The van der Waals surface area contributed by atoms with E-state index in [1.807, 2.05) is 18.2 Å². The second-order valence-corrected chi connectivity index (χ2v) is 4.27. The van der Waals surface area contributed by atoms with Gasteiger partial charge in [0.2, 0.25) is 0 Å². The van der Waals surface area contributed by atoms with Gasteiger partial charge in [0.1, 0.15) is 6.04 Å². The first-order valence-corrected chi connectivity index (χ1v) is 5.50. The van der Waals surface area contributed by atoms with E-state index in [0.717, 1.165) is 18.0 Å². The van der Waals surface area contributed by atoms with Crippen LogP contribution < -0.4 is 5.32 Å². The summed E-state index contributed by atoms with van der Waals surface area (Å²) in [6.07, 6.45) is 2.64. The van der Waals surface area contributed by atoms with E-state index in [9.17, 15) is 0 Å². The molecule has 0 amide bonds. The van der Waals surface area contributed by atoms with Crippen LogP contribution in [-0.2, 0) is 0 Å². The van der Waals surface area contributed by atoms with Gasteiger partial charge in [0.15, 0.2) is 0 Å². The summed E-state index contributed by atoms with van der Waals surface area (Å²) < 4.78 is 0. The molecule has 1 saturated carbocycles. The van der Waals surface area contributed by atoms with Crippen LogP contribution in [-0.4, -0.2) is 6.54 Å². The van der Waals surface area contributed by atoms with Crippen LogP contribution in [0.25, 0.3) is 0 Å². The van der Waals surface area contributed by atoms with Crippen molar-refractivity contribution in [2.24, 2.45) is 5.92 Å². The van der Waals surface area contributed by atoms with Crippen LogP contribution in [0.15, 0.2) is 24.3 Å². The largest absolute Gasteiger partial charge is 0.298 e. The van der Waals surface area contributed by atoms with Crippen molar-refractivity contribution in [3.8, 4) is 6.07 Å². The molecule has 0 aromatic heterocycles. The molecule has 1 atom stereocenters. The molecule has 78 valence electrons. The smallest absolute Gasteiger partial charge is 0.121 e. The first-order chi connectivity index (χ1) is 7.31. The van der Waals surface area contributed by atoms with Crippen molar-refractivity contribution < 1.29 is 0 Å². The Hall–Kier alpha value is -1.33. The second-order valence-electron chi connectivity index (χ2n) is 4.27. The zero-order chi connectivity index (χ0) is 10.7. The Bertz CT molecular complexity index is 374. The van der Waals surface area contributed by atoms with E-state index < -0.39 is 0 Å². The fourth-order valence-corrected chi connectivity index (χ4v) is 1.74. The summed E-state index contributed by atoms with van der Waals surface area (Å²) in [4.78, 5) is 0. The zero-order valence-corrected chi connectivity index (χ0v) is 9.03. The number of hydrogen-bond donors (Lipinski definition) is 1. The fourth-order valence-electron chi connectivity index (χ4n) is 1.74. The van der Waals surface area contributed by atoms with Crippen molar-refractivity contribution in [3.63, 3.8) is 0 Å². The minimum absolute atomic E-state index is 0.146. The predicted molar refractivity (Wildman–Crippen MR) is 60.3 cm³/mol. The van der Waals surface area contributed by atoms with Crippen molar-refractivity contribution in [1.82, 2.24) is 5.32 Å². The summed E-state index contributed by atoms with van der Waals surface area (Å²) in [6, 6.07) is 10.3. The van der Waals surface area contributed by atoms with E-state index in [0.29, 0.717) is 0 Å². The lowest BCUT2D eigenvalue weighted by atomic mass is 10.0. The van der Waals surface area contributed by atoms with Gasteiger partial charge in [0.05, 0.1) is 6.07 Å². The Balaban J connectivity index is 2.05. The highest BCUT2D eigenvalue weighted by molar-refractivity contribution is 5.32. The Morgan fingerprint density at radius 3 is 2.80 bits per heavy atom. The van der Waals surface area contributed by atoms with Crippen molar-refractivity contribution in [1.29, 1.82) is 5.26 Å². The number of benzene rings is 1. The molecule has 2 rings (SSSR count). The maximum absolute atomic E-state index is 9.12. The number of rotatable bonds is 4. The first kappa shape index (κ1) is 10.2. The molecule has 1 aliphatic carbocycles. The molecule has 1 unspecified atom stereocenters. The van der Waals surface area contributed by atoms with Gasteiger partial charge in [-0.15, -0.1) is 0 Å². The summed E-state index contributed by atoms with van der Waals surface area (Å²) in [5.74, 6) is 0.810. The average Bonchev–Trinajstić information content (AvgIpc) is 3.05. The Morgan fingerprint density at radius 2 is 2.20 bits per heavy atom. The normalized spacial score (nSPS) is 17.1. The topological polar surface area (TPSA) is 35.8 Å². The SMILES string of the molecule is Cc1ccccc1C(C#N)NCC1CC1. The molecule has 1 N–H and O–H groups in total. The van der Waals surface area contributed by atoms with Gasteiger partial charge in [-0.1, -0.05) is 24.3 Å². The lowest BCUT2D eigenvalue weighted by molar-refractivity contribution is 0.591. The van der Waals surface area contributed by atoms with E-state index in [2.05, 4.69) is 24.4 Å². The van der Waals surface area contributed by atoms with Crippen LogP contribution in [0.5, 0.6) is 0 Å². The lowest BCUT2D eigenvalue weighted by Crippen LogP contribution is -2.22. The van der Waals surface area contributed by atoms with Gasteiger partial charge < -0.3 is 0 Å². The van der Waals surface area contributed by atoms with Crippen LogP contribution in [0.3, 0.4) is 0 Å². The quantitative estimate of drug-likeness (QED) is 0.810. The molecule has 1 fully saturated rings. The van der Waals surface area contributed by atoms with Crippen molar-refractivity contribution >= 4 is 0 Å². The van der Waals surface area contributed by atoms with Crippen LogP contribution in [0.4, 0.5) is 0 Å². The van der Waals surface area contributed by atoms with Gasteiger partial charge in [-0.05, 0) is 43.4 Å². The number of nitriles is 1. The minimum Gasteiger partial charge on any atom is -0.298 e. The van der Waals surface area contributed by atoms with E-state index >= 15 is 0 Å². The third-order valence-corrected chi connectivity index (χ3v) is 2.94. The minimum atomic E-state index is -0.146. The molecular weight excluding hydrogens is 184 g/mol. The summed E-state index contributed by atoms with van der Waals surface area (Å²) in [5.41, 5.74) is 2.30. The molecule has 0 heterocycles. The molecule has 1 aromatic carbocycles. The van der Waals surface area contributed by atoms with Gasteiger partial charge in [0.25, 0.3) is 0 Å². The van der Waals surface area contributed by atoms with Gasteiger partial charge in [0, 0.05) is 0 Å². The Morgan fingerprint density at radius 1 is 1.47 bits per heavy atom. The van der Waals surface area contributed by atoms with Gasteiger partial charge in [-0.3, -0.25) is 5.32 Å². The summed E-state index contributed by atoms with van der Waals surface area (Å²) in [6.45, 7) is 3.03. The Kier molecular flexibility index (Phi) is 3.03. The van der Waals surface area contributed by atoms with Crippen LogP contribution in [0.2, 0.25) is 0 Å². The van der Waals surface area contributed by atoms with Crippen molar-refractivity contribution in [2.75, 3.05) is 6.54 Å². The molecule has 0 saturated heterocycles.